The summed E-state index contributed by atoms with van der Waals surface area (Å²) >= 11 is 7.38. The van der Waals surface area contributed by atoms with Crippen LogP contribution in [0, 0.1) is 0 Å². The van der Waals surface area contributed by atoms with Gasteiger partial charge in [-0.3, -0.25) is 9.59 Å². The second kappa shape index (κ2) is 9.01. The number of carbonyl (C=O) groups is 2. The molecule has 1 aliphatic heterocycles. The van der Waals surface area contributed by atoms with E-state index in [0.29, 0.717) is 11.6 Å². The van der Waals surface area contributed by atoms with E-state index in [9.17, 15) is 22.8 Å². The Balaban J connectivity index is 2.13. The van der Waals surface area contributed by atoms with Crippen LogP contribution in [0.25, 0.3) is 6.08 Å². The first kappa shape index (κ1) is 21.6. The molecule has 1 N–H and O–H groups in total. The van der Waals surface area contributed by atoms with Crippen molar-refractivity contribution >= 4 is 41.3 Å². The molecule has 1 fully saturated rings. The molecule has 148 valence electrons. The summed E-state index contributed by atoms with van der Waals surface area (Å²) in [6.45, 7) is 3.82. The van der Waals surface area contributed by atoms with Gasteiger partial charge >= 0.3 is 6.18 Å². The van der Waals surface area contributed by atoms with E-state index < -0.39 is 23.7 Å². The second-order valence-electron chi connectivity index (χ2n) is 6.21. The highest BCUT2D eigenvalue weighted by atomic mass is 35.5. The van der Waals surface area contributed by atoms with E-state index >= 15 is 0 Å². The molecule has 1 saturated heterocycles. The van der Waals surface area contributed by atoms with Gasteiger partial charge in [0.1, 0.15) is 6.04 Å². The highest BCUT2D eigenvalue weighted by molar-refractivity contribution is 7.99. The maximum Gasteiger partial charge on any atom is 0.416 e. The number of thioether (sulfide) groups is 1. The minimum atomic E-state index is -4.50. The van der Waals surface area contributed by atoms with Crippen LogP contribution >= 0.6 is 23.4 Å². The molecule has 9 heteroatoms. The fourth-order valence-corrected chi connectivity index (χ4v) is 3.77. The van der Waals surface area contributed by atoms with Crippen LogP contribution in [0.4, 0.5) is 13.2 Å². The number of carbonyl (C=O) groups excluding carboxylic acids is 2. The number of amides is 2. The fourth-order valence-electron chi connectivity index (χ4n) is 2.42. The lowest BCUT2D eigenvalue weighted by atomic mass is 10.1. The lowest BCUT2D eigenvalue weighted by molar-refractivity contribution is -0.137. The maximum atomic E-state index is 12.8. The molecule has 2 unspecified atom stereocenters. The quantitative estimate of drug-likeness (QED) is 0.727. The van der Waals surface area contributed by atoms with Crippen molar-refractivity contribution in [2.75, 3.05) is 11.6 Å². The summed E-state index contributed by atoms with van der Waals surface area (Å²) in [5, 5.41) is 2.95. The zero-order valence-corrected chi connectivity index (χ0v) is 16.4. The van der Waals surface area contributed by atoms with Gasteiger partial charge in [-0.2, -0.15) is 13.2 Å². The van der Waals surface area contributed by atoms with Crippen LogP contribution in [0.5, 0.6) is 0 Å². The molecule has 0 spiro atoms. The minimum Gasteiger partial charge on any atom is -0.352 e. The number of nitrogens with one attached hydrogen (secondary N) is 1. The predicted octanol–water partition coefficient (Wildman–Crippen LogP) is 4.19. The second-order valence-corrected chi connectivity index (χ2v) is 7.62. The van der Waals surface area contributed by atoms with Crippen LogP contribution in [0.3, 0.4) is 0 Å². The van der Waals surface area contributed by atoms with Crippen molar-refractivity contribution < 1.29 is 22.8 Å². The zero-order chi connectivity index (χ0) is 20.2. The number of hydrogen-bond acceptors (Lipinski definition) is 3. The smallest absolute Gasteiger partial charge is 0.352 e. The molecular weight excluding hydrogens is 401 g/mol. The average Bonchev–Trinajstić information content (AvgIpc) is 3.09. The molecule has 0 radical (unpaired) electrons. The Morgan fingerprint density at radius 2 is 2.15 bits per heavy atom. The number of hydrogen-bond donors (Lipinski definition) is 1. The molecule has 0 bridgehead atoms. The maximum absolute atomic E-state index is 12.8. The Hall–Kier alpha value is -1.67. The molecule has 0 aliphatic carbocycles. The van der Waals surface area contributed by atoms with Gasteiger partial charge in [0.2, 0.25) is 11.8 Å². The molecule has 0 saturated carbocycles. The van der Waals surface area contributed by atoms with Crippen molar-refractivity contribution in [3.05, 3.63) is 40.4 Å². The van der Waals surface area contributed by atoms with Gasteiger partial charge in [0.15, 0.2) is 0 Å². The molecule has 2 rings (SSSR count). The van der Waals surface area contributed by atoms with E-state index in [4.69, 9.17) is 11.6 Å². The fraction of sp³-hybridized carbons (Fsp3) is 0.444. The van der Waals surface area contributed by atoms with Crippen molar-refractivity contribution in [2.45, 2.75) is 38.5 Å². The molecule has 1 heterocycles. The summed E-state index contributed by atoms with van der Waals surface area (Å²) in [6, 6.07) is 2.31. The SMILES string of the molecule is CCC(C)NC(=O)C1CSCN1C(=O)C=Cc1cc(C(F)(F)F)ccc1Cl. The van der Waals surface area contributed by atoms with Crippen LogP contribution in [0.15, 0.2) is 24.3 Å². The van der Waals surface area contributed by atoms with E-state index in [1.54, 1.807) is 0 Å². The van der Waals surface area contributed by atoms with Gasteiger partial charge in [0.05, 0.1) is 11.4 Å². The van der Waals surface area contributed by atoms with Gasteiger partial charge < -0.3 is 10.2 Å². The molecule has 1 aromatic rings. The summed E-state index contributed by atoms with van der Waals surface area (Å²) in [5.41, 5.74) is -0.756. The number of halogens is 4. The standard InChI is InChI=1S/C18H20ClF3N2O2S/c1-3-11(2)23-17(26)15-9-27-10-24(15)16(25)7-4-12-8-13(18(20,21)22)5-6-14(12)19/h4-8,11,15H,3,9-10H2,1-2H3,(H,23,26). The van der Waals surface area contributed by atoms with Gasteiger partial charge in [-0.1, -0.05) is 18.5 Å². The topological polar surface area (TPSA) is 49.4 Å². The van der Waals surface area contributed by atoms with E-state index in [0.717, 1.165) is 30.7 Å². The van der Waals surface area contributed by atoms with Gasteiger partial charge in [0, 0.05) is 22.9 Å². The van der Waals surface area contributed by atoms with Crippen molar-refractivity contribution in [3.63, 3.8) is 0 Å². The summed E-state index contributed by atoms with van der Waals surface area (Å²) < 4.78 is 38.5. The summed E-state index contributed by atoms with van der Waals surface area (Å²) in [6.07, 6.45) is -1.33. The molecule has 2 amide bonds. The Bertz CT molecular complexity index is 740. The Morgan fingerprint density at radius 3 is 2.78 bits per heavy atom. The zero-order valence-electron chi connectivity index (χ0n) is 14.8. The first-order valence-electron chi connectivity index (χ1n) is 8.37. The lowest BCUT2D eigenvalue weighted by Gasteiger charge is -2.23. The number of alkyl halides is 3. The number of rotatable bonds is 5. The van der Waals surface area contributed by atoms with Crippen molar-refractivity contribution in [2.24, 2.45) is 0 Å². The summed E-state index contributed by atoms with van der Waals surface area (Å²) in [5.74, 6) is 0.149. The Morgan fingerprint density at radius 1 is 1.44 bits per heavy atom. The number of benzene rings is 1. The summed E-state index contributed by atoms with van der Waals surface area (Å²) in [7, 11) is 0. The normalized spacial score (nSPS) is 18.7. The lowest BCUT2D eigenvalue weighted by Crippen LogP contribution is -2.48. The van der Waals surface area contributed by atoms with Gasteiger partial charge in [0.25, 0.3) is 0 Å². The monoisotopic (exact) mass is 420 g/mol. The average molecular weight is 421 g/mol. The van der Waals surface area contributed by atoms with Crippen molar-refractivity contribution in [3.8, 4) is 0 Å². The van der Waals surface area contributed by atoms with Crippen molar-refractivity contribution in [1.82, 2.24) is 10.2 Å². The molecule has 27 heavy (non-hydrogen) atoms. The largest absolute Gasteiger partial charge is 0.416 e. The van der Waals surface area contributed by atoms with Crippen molar-refractivity contribution in [1.29, 1.82) is 0 Å². The minimum absolute atomic E-state index is 0.000455. The van der Waals surface area contributed by atoms with Crippen LogP contribution in [-0.2, 0) is 15.8 Å². The van der Waals surface area contributed by atoms with E-state index in [1.807, 2.05) is 13.8 Å². The van der Waals surface area contributed by atoms with Gasteiger partial charge in [-0.25, -0.2) is 0 Å². The molecule has 1 aliphatic rings. The van der Waals surface area contributed by atoms with Crippen LogP contribution < -0.4 is 5.32 Å². The highest BCUT2D eigenvalue weighted by Gasteiger charge is 2.34. The summed E-state index contributed by atoms with van der Waals surface area (Å²) in [4.78, 5) is 26.2. The third-order valence-corrected chi connectivity index (χ3v) is 5.55. The Labute approximate surface area is 165 Å². The van der Waals surface area contributed by atoms with E-state index in [-0.39, 0.29) is 22.5 Å². The van der Waals surface area contributed by atoms with Crippen LogP contribution in [-0.4, -0.2) is 40.4 Å². The predicted molar refractivity (Wildman–Crippen MR) is 101 cm³/mol. The molecular formula is C18H20ClF3N2O2S. The molecule has 1 aromatic carbocycles. The highest BCUT2D eigenvalue weighted by Crippen LogP contribution is 2.32. The van der Waals surface area contributed by atoms with Crippen LogP contribution in [0.1, 0.15) is 31.4 Å². The van der Waals surface area contributed by atoms with Crippen LogP contribution in [0.2, 0.25) is 5.02 Å². The van der Waals surface area contributed by atoms with Gasteiger partial charge in [-0.05, 0) is 43.2 Å². The third kappa shape index (κ3) is 5.65. The van der Waals surface area contributed by atoms with E-state index in [2.05, 4.69) is 5.32 Å². The number of nitrogens with zero attached hydrogens (tertiary/aromatic N) is 1. The molecule has 2 atom stereocenters. The van der Waals surface area contributed by atoms with E-state index in [1.165, 1.54) is 22.7 Å². The first-order chi connectivity index (χ1) is 12.6. The van der Waals surface area contributed by atoms with Gasteiger partial charge in [-0.15, -0.1) is 11.8 Å². The molecule has 4 nitrogen and oxygen atoms in total. The first-order valence-corrected chi connectivity index (χ1v) is 9.90. The third-order valence-electron chi connectivity index (χ3n) is 4.20. The Kier molecular flexibility index (Phi) is 7.22. The molecule has 0 aromatic heterocycles.